The Morgan fingerprint density at radius 3 is 2.58 bits per heavy atom. The third-order valence-electron chi connectivity index (χ3n) is 2.74. The van der Waals surface area contributed by atoms with E-state index in [-0.39, 0.29) is 0 Å². The lowest BCUT2D eigenvalue weighted by molar-refractivity contribution is 0.308. The van der Waals surface area contributed by atoms with Gasteiger partial charge in [0, 0.05) is 17.3 Å². The minimum atomic E-state index is 0.751. The van der Waals surface area contributed by atoms with Crippen molar-refractivity contribution in [2.45, 2.75) is 12.8 Å². The van der Waals surface area contributed by atoms with Gasteiger partial charge in [0.25, 0.3) is 0 Å². The van der Waals surface area contributed by atoms with Gasteiger partial charge in [-0.3, -0.25) is 0 Å². The fourth-order valence-electron chi connectivity index (χ4n) is 1.76. The largest absolute Gasteiger partial charge is 0.494 e. The molecule has 0 aliphatic rings. The van der Waals surface area contributed by atoms with Gasteiger partial charge in [0.2, 0.25) is 0 Å². The van der Waals surface area contributed by atoms with Gasteiger partial charge in [0.05, 0.1) is 6.61 Å². The number of ether oxygens (including phenoxy) is 1. The number of halogens is 1. The van der Waals surface area contributed by atoms with Gasteiger partial charge in [0.1, 0.15) is 5.75 Å². The molecule has 2 aromatic carbocycles. The zero-order chi connectivity index (χ0) is 13.3. The molecular weight excluding hydrogens is 258 g/mol. The van der Waals surface area contributed by atoms with Crippen molar-refractivity contribution in [1.29, 1.82) is 0 Å². The summed E-state index contributed by atoms with van der Waals surface area (Å²) in [7, 11) is 0. The van der Waals surface area contributed by atoms with Gasteiger partial charge in [-0.05, 0) is 43.2 Å². The van der Waals surface area contributed by atoms with Crippen molar-refractivity contribution in [3.05, 3.63) is 59.6 Å². The first kappa shape index (κ1) is 13.8. The highest BCUT2D eigenvalue weighted by Crippen LogP contribution is 2.15. The van der Waals surface area contributed by atoms with Gasteiger partial charge in [-0.2, -0.15) is 0 Å². The Morgan fingerprint density at radius 2 is 1.79 bits per heavy atom. The Bertz CT molecular complexity index is 487. The van der Waals surface area contributed by atoms with E-state index in [0.717, 1.165) is 42.5 Å². The number of nitrogens with one attached hydrogen (secondary N) is 1. The van der Waals surface area contributed by atoms with E-state index in [9.17, 15) is 0 Å². The van der Waals surface area contributed by atoms with Crippen LogP contribution >= 0.6 is 11.6 Å². The molecule has 0 aliphatic carbocycles. The molecule has 0 unspecified atom stereocenters. The first-order valence-corrected chi connectivity index (χ1v) is 6.90. The van der Waals surface area contributed by atoms with Crippen molar-refractivity contribution in [1.82, 2.24) is 0 Å². The molecule has 0 atom stereocenters. The topological polar surface area (TPSA) is 21.3 Å². The van der Waals surface area contributed by atoms with Gasteiger partial charge in [-0.15, -0.1) is 0 Å². The first-order chi connectivity index (χ1) is 9.34. The average molecular weight is 276 g/mol. The molecule has 0 saturated heterocycles. The van der Waals surface area contributed by atoms with Crippen LogP contribution in [0.4, 0.5) is 5.69 Å². The van der Waals surface area contributed by atoms with Crippen molar-refractivity contribution in [2.75, 3.05) is 18.5 Å². The summed E-state index contributed by atoms with van der Waals surface area (Å²) in [5.41, 5.74) is 1.07. The highest BCUT2D eigenvalue weighted by atomic mass is 35.5. The second kappa shape index (κ2) is 7.70. The second-order valence-corrected chi connectivity index (χ2v) is 4.74. The van der Waals surface area contributed by atoms with Crippen LogP contribution < -0.4 is 10.1 Å². The van der Waals surface area contributed by atoms with Crippen LogP contribution in [0, 0.1) is 0 Å². The highest BCUT2D eigenvalue weighted by Gasteiger charge is 1.94. The summed E-state index contributed by atoms with van der Waals surface area (Å²) in [6.45, 7) is 1.68. The van der Waals surface area contributed by atoms with Crippen molar-refractivity contribution in [3.63, 3.8) is 0 Å². The predicted molar refractivity (Wildman–Crippen MR) is 81.1 cm³/mol. The van der Waals surface area contributed by atoms with Gasteiger partial charge >= 0.3 is 0 Å². The first-order valence-electron chi connectivity index (χ1n) is 6.52. The molecule has 0 bridgehead atoms. The van der Waals surface area contributed by atoms with Crippen LogP contribution in [0.5, 0.6) is 5.75 Å². The molecule has 2 nitrogen and oxygen atoms in total. The summed E-state index contributed by atoms with van der Waals surface area (Å²) in [6, 6.07) is 17.7. The predicted octanol–water partition coefficient (Wildman–Crippen LogP) is 4.61. The molecule has 3 heteroatoms. The quantitative estimate of drug-likeness (QED) is 0.745. The van der Waals surface area contributed by atoms with Gasteiger partial charge in [0.15, 0.2) is 0 Å². The van der Waals surface area contributed by atoms with E-state index in [1.54, 1.807) is 0 Å². The van der Waals surface area contributed by atoms with Crippen LogP contribution in [0.1, 0.15) is 12.8 Å². The highest BCUT2D eigenvalue weighted by molar-refractivity contribution is 6.30. The number of benzene rings is 2. The Balaban J connectivity index is 1.58. The molecule has 0 heterocycles. The molecule has 0 saturated carbocycles. The lowest BCUT2D eigenvalue weighted by atomic mass is 10.3. The molecule has 0 aliphatic heterocycles. The van der Waals surface area contributed by atoms with Crippen molar-refractivity contribution in [3.8, 4) is 5.75 Å². The number of hydrogen-bond donors (Lipinski definition) is 1. The van der Waals surface area contributed by atoms with E-state index < -0.39 is 0 Å². The van der Waals surface area contributed by atoms with Crippen LogP contribution in [0.3, 0.4) is 0 Å². The number of para-hydroxylation sites is 1. The molecule has 0 radical (unpaired) electrons. The van der Waals surface area contributed by atoms with Gasteiger partial charge in [-0.1, -0.05) is 35.9 Å². The molecule has 1 N–H and O–H groups in total. The Morgan fingerprint density at radius 1 is 0.947 bits per heavy atom. The maximum Gasteiger partial charge on any atom is 0.119 e. The van der Waals surface area contributed by atoms with Crippen molar-refractivity contribution < 1.29 is 4.74 Å². The molecule has 2 rings (SSSR count). The van der Waals surface area contributed by atoms with E-state index >= 15 is 0 Å². The zero-order valence-corrected chi connectivity index (χ0v) is 11.6. The summed E-state index contributed by atoms with van der Waals surface area (Å²) in [5, 5.41) is 4.11. The smallest absolute Gasteiger partial charge is 0.119 e. The maximum absolute atomic E-state index is 5.92. The summed E-state index contributed by atoms with van der Waals surface area (Å²) >= 11 is 5.92. The lowest BCUT2D eigenvalue weighted by Gasteiger charge is -2.08. The summed E-state index contributed by atoms with van der Waals surface area (Å²) < 4.78 is 5.63. The SMILES string of the molecule is Clc1cccc(NCCCCOc2ccccc2)c1. The fourth-order valence-corrected chi connectivity index (χ4v) is 1.96. The summed E-state index contributed by atoms with van der Waals surface area (Å²) in [5.74, 6) is 0.935. The monoisotopic (exact) mass is 275 g/mol. The molecule has 0 aromatic heterocycles. The number of rotatable bonds is 7. The Kier molecular flexibility index (Phi) is 5.57. The van der Waals surface area contributed by atoms with Crippen LogP contribution in [0.15, 0.2) is 54.6 Å². The molecule has 100 valence electrons. The normalized spacial score (nSPS) is 10.2. The van der Waals surface area contributed by atoms with Crippen molar-refractivity contribution in [2.24, 2.45) is 0 Å². The van der Waals surface area contributed by atoms with Crippen LogP contribution in [0.2, 0.25) is 5.02 Å². The maximum atomic E-state index is 5.92. The molecule has 19 heavy (non-hydrogen) atoms. The Hall–Kier alpha value is -1.67. The molecule has 2 aromatic rings. The van der Waals surface area contributed by atoms with E-state index in [2.05, 4.69) is 5.32 Å². The molecule has 0 fully saturated rings. The van der Waals surface area contributed by atoms with Crippen LogP contribution in [0.25, 0.3) is 0 Å². The summed E-state index contributed by atoms with van der Waals surface area (Å²) in [4.78, 5) is 0. The summed E-state index contributed by atoms with van der Waals surface area (Å²) in [6.07, 6.45) is 2.10. The molecule has 0 amide bonds. The zero-order valence-electron chi connectivity index (χ0n) is 10.8. The fraction of sp³-hybridized carbons (Fsp3) is 0.250. The molecular formula is C16H18ClNO. The minimum absolute atomic E-state index is 0.751. The van der Waals surface area contributed by atoms with Crippen LogP contribution in [-0.2, 0) is 0 Å². The van der Waals surface area contributed by atoms with Gasteiger partial charge in [-0.25, -0.2) is 0 Å². The molecule has 0 spiro atoms. The van der Waals surface area contributed by atoms with E-state index in [1.807, 2.05) is 54.6 Å². The second-order valence-electron chi connectivity index (χ2n) is 4.31. The van der Waals surface area contributed by atoms with Crippen molar-refractivity contribution >= 4 is 17.3 Å². The third-order valence-corrected chi connectivity index (χ3v) is 2.97. The van der Waals surface area contributed by atoms with E-state index in [4.69, 9.17) is 16.3 Å². The average Bonchev–Trinajstić information content (AvgIpc) is 2.44. The Labute approximate surface area is 119 Å². The standard InChI is InChI=1S/C16H18ClNO/c17-14-7-6-8-15(13-14)18-11-4-5-12-19-16-9-2-1-3-10-16/h1-3,6-10,13,18H,4-5,11-12H2. The van der Waals surface area contributed by atoms with E-state index in [0.29, 0.717) is 0 Å². The number of hydrogen-bond acceptors (Lipinski definition) is 2. The van der Waals surface area contributed by atoms with E-state index in [1.165, 1.54) is 0 Å². The number of unbranched alkanes of at least 4 members (excludes halogenated alkanes) is 1. The number of anilines is 1. The lowest BCUT2D eigenvalue weighted by Crippen LogP contribution is -2.04. The third kappa shape index (κ3) is 5.23. The minimum Gasteiger partial charge on any atom is -0.494 e. The van der Waals surface area contributed by atoms with Gasteiger partial charge < -0.3 is 10.1 Å². The van der Waals surface area contributed by atoms with Crippen LogP contribution in [-0.4, -0.2) is 13.2 Å².